The number of carbonyl (C=O) groups is 2. The highest BCUT2D eigenvalue weighted by Crippen LogP contribution is 2.43. The van der Waals surface area contributed by atoms with Gasteiger partial charge < -0.3 is 14.9 Å². The van der Waals surface area contributed by atoms with Crippen LogP contribution in [0.3, 0.4) is 0 Å². The molecule has 2 saturated heterocycles. The molecule has 2 amide bonds. The van der Waals surface area contributed by atoms with E-state index in [-0.39, 0.29) is 49.4 Å². The number of fused-ring (bicyclic) bond motifs is 1. The number of rotatable bonds is 6. The van der Waals surface area contributed by atoms with Gasteiger partial charge in [0.25, 0.3) is 0 Å². The Balaban J connectivity index is 1.30. The second kappa shape index (κ2) is 9.61. The summed E-state index contributed by atoms with van der Waals surface area (Å²) in [6.45, 7) is 0.440. The number of aliphatic hydroxyl groups excluding tert-OH is 1. The number of hydrogen-bond donors (Lipinski definition) is 1. The van der Waals surface area contributed by atoms with E-state index >= 15 is 0 Å². The molecule has 6 heteroatoms. The quantitative estimate of drug-likeness (QED) is 0.583. The third-order valence-corrected chi connectivity index (χ3v) is 6.77. The van der Waals surface area contributed by atoms with Gasteiger partial charge in [0.1, 0.15) is 0 Å². The van der Waals surface area contributed by atoms with E-state index in [1.165, 1.54) is 0 Å². The highest BCUT2D eigenvalue weighted by atomic mass is 16.3. The number of aliphatic hydroxyl groups is 1. The van der Waals surface area contributed by atoms with Crippen molar-refractivity contribution in [2.24, 2.45) is 0 Å². The summed E-state index contributed by atoms with van der Waals surface area (Å²) in [5, 5.41) is 10.0. The largest absolute Gasteiger partial charge is 0.394 e. The third kappa shape index (κ3) is 4.37. The number of aromatic nitrogens is 1. The molecule has 2 aromatic carbocycles. The van der Waals surface area contributed by atoms with Crippen LogP contribution in [0.5, 0.6) is 0 Å². The Morgan fingerprint density at radius 1 is 1.00 bits per heavy atom. The van der Waals surface area contributed by atoms with Crippen molar-refractivity contribution in [3.63, 3.8) is 0 Å². The van der Waals surface area contributed by atoms with Gasteiger partial charge >= 0.3 is 0 Å². The minimum atomic E-state index is -0.251. The van der Waals surface area contributed by atoms with Gasteiger partial charge in [-0.1, -0.05) is 72.8 Å². The average Bonchev–Trinajstić information content (AvgIpc) is 2.86. The molecule has 0 aliphatic carbocycles. The number of carbonyl (C=O) groups excluding carboxylic acids is 2. The lowest BCUT2D eigenvalue weighted by molar-refractivity contribution is -0.166. The molecule has 0 unspecified atom stereocenters. The Hall–Kier alpha value is -3.77. The van der Waals surface area contributed by atoms with E-state index in [4.69, 9.17) is 0 Å². The molecule has 3 heterocycles. The first-order chi connectivity index (χ1) is 16.6. The van der Waals surface area contributed by atoms with Gasteiger partial charge in [-0.2, -0.15) is 0 Å². The van der Waals surface area contributed by atoms with Gasteiger partial charge in [-0.3, -0.25) is 14.6 Å². The number of nitrogens with zero attached hydrogens (tertiary/aromatic N) is 3. The van der Waals surface area contributed by atoms with Crippen LogP contribution in [0.25, 0.3) is 12.2 Å². The molecule has 6 nitrogen and oxygen atoms in total. The second-order valence-corrected chi connectivity index (χ2v) is 8.87. The summed E-state index contributed by atoms with van der Waals surface area (Å²) in [6, 6.07) is 21.7. The smallest absolute Gasteiger partial charge is 0.242 e. The molecule has 5 rings (SSSR count). The maximum absolute atomic E-state index is 12.9. The molecule has 1 aromatic heterocycles. The molecule has 0 radical (unpaired) electrons. The van der Waals surface area contributed by atoms with Crippen molar-refractivity contribution >= 4 is 24.0 Å². The topological polar surface area (TPSA) is 73.7 Å². The van der Waals surface area contributed by atoms with E-state index in [1.807, 2.05) is 24.3 Å². The Morgan fingerprint density at radius 2 is 1.74 bits per heavy atom. The van der Waals surface area contributed by atoms with Crippen LogP contribution in [0.4, 0.5) is 0 Å². The van der Waals surface area contributed by atoms with Gasteiger partial charge in [0, 0.05) is 24.9 Å². The lowest BCUT2D eigenvalue weighted by Crippen LogP contribution is -2.73. The summed E-state index contributed by atoms with van der Waals surface area (Å²) in [5.41, 5.74) is 4.13. The zero-order valence-electron chi connectivity index (χ0n) is 18.8. The summed E-state index contributed by atoms with van der Waals surface area (Å²) in [7, 11) is 0. The molecular weight excluding hydrogens is 426 g/mol. The normalized spacial score (nSPS) is 21.9. The van der Waals surface area contributed by atoms with E-state index in [0.717, 1.165) is 22.3 Å². The minimum Gasteiger partial charge on any atom is -0.394 e. The van der Waals surface area contributed by atoms with E-state index in [2.05, 4.69) is 53.5 Å². The zero-order chi connectivity index (χ0) is 23.5. The predicted octanol–water partition coefficient (Wildman–Crippen LogP) is 2.99. The molecule has 0 saturated carbocycles. The molecule has 0 spiro atoms. The van der Waals surface area contributed by atoms with Crippen LogP contribution in [-0.4, -0.2) is 63.5 Å². The van der Waals surface area contributed by atoms with Crippen molar-refractivity contribution in [2.45, 2.75) is 24.4 Å². The maximum Gasteiger partial charge on any atom is 0.242 e. The summed E-state index contributed by atoms with van der Waals surface area (Å²) >= 11 is 0. The van der Waals surface area contributed by atoms with Crippen molar-refractivity contribution in [3.05, 3.63) is 101 Å². The van der Waals surface area contributed by atoms with Crippen LogP contribution in [0.1, 0.15) is 28.2 Å². The van der Waals surface area contributed by atoms with Crippen molar-refractivity contribution in [1.82, 2.24) is 14.8 Å². The first-order valence-electron chi connectivity index (χ1n) is 11.6. The fourth-order valence-electron chi connectivity index (χ4n) is 5.06. The van der Waals surface area contributed by atoms with Crippen LogP contribution in [-0.2, 0) is 16.0 Å². The summed E-state index contributed by atoms with van der Waals surface area (Å²) < 4.78 is 0. The number of hydrogen-bond acceptors (Lipinski definition) is 4. The summed E-state index contributed by atoms with van der Waals surface area (Å²) in [4.78, 5) is 33.2. The van der Waals surface area contributed by atoms with E-state index in [9.17, 15) is 14.7 Å². The van der Waals surface area contributed by atoms with Crippen LogP contribution in [0, 0.1) is 0 Å². The fraction of sp³-hybridized carbons (Fsp3) is 0.250. The number of piperazine rings is 1. The fourth-order valence-corrected chi connectivity index (χ4v) is 5.06. The zero-order valence-corrected chi connectivity index (χ0v) is 18.8. The molecule has 0 bridgehead atoms. The second-order valence-electron chi connectivity index (χ2n) is 8.87. The van der Waals surface area contributed by atoms with Crippen LogP contribution < -0.4 is 0 Å². The predicted molar refractivity (Wildman–Crippen MR) is 131 cm³/mol. The molecule has 2 aliphatic rings. The molecular formula is C28H27N3O3. The number of amides is 2. The van der Waals surface area contributed by atoms with Gasteiger partial charge in [0.15, 0.2) is 0 Å². The third-order valence-electron chi connectivity index (χ3n) is 6.77. The van der Waals surface area contributed by atoms with Crippen LogP contribution >= 0.6 is 0 Å². The molecule has 3 aromatic rings. The van der Waals surface area contributed by atoms with Gasteiger partial charge in [0.2, 0.25) is 11.8 Å². The van der Waals surface area contributed by atoms with E-state index in [1.54, 1.807) is 28.3 Å². The Labute approximate surface area is 199 Å². The van der Waals surface area contributed by atoms with E-state index in [0.29, 0.717) is 6.54 Å². The highest BCUT2D eigenvalue weighted by Gasteiger charge is 2.54. The lowest BCUT2D eigenvalue weighted by Gasteiger charge is -2.58. The average molecular weight is 454 g/mol. The van der Waals surface area contributed by atoms with Crippen molar-refractivity contribution in [2.75, 3.05) is 19.7 Å². The number of benzene rings is 2. The molecule has 172 valence electrons. The molecule has 1 N–H and O–H groups in total. The first kappa shape index (κ1) is 22.0. The van der Waals surface area contributed by atoms with Gasteiger partial charge in [0.05, 0.1) is 31.7 Å². The van der Waals surface area contributed by atoms with Gasteiger partial charge in [-0.05, 0) is 28.3 Å². The number of pyridine rings is 1. The molecule has 2 aliphatic heterocycles. The maximum atomic E-state index is 12.9. The van der Waals surface area contributed by atoms with Gasteiger partial charge in [-0.15, -0.1) is 0 Å². The monoisotopic (exact) mass is 453 g/mol. The molecule has 3 atom stereocenters. The first-order valence-corrected chi connectivity index (χ1v) is 11.6. The van der Waals surface area contributed by atoms with Crippen molar-refractivity contribution in [3.8, 4) is 0 Å². The molecule has 34 heavy (non-hydrogen) atoms. The van der Waals surface area contributed by atoms with Crippen LogP contribution in [0.2, 0.25) is 0 Å². The lowest BCUT2D eigenvalue weighted by atomic mass is 9.73. The van der Waals surface area contributed by atoms with Gasteiger partial charge in [-0.25, -0.2) is 0 Å². The van der Waals surface area contributed by atoms with Crippen molar-refractivity contribution in [1.29, 1.82) is 0 Å². The Morgan fingerprint density at radius 3 is 2.41 bits per heavy atom. The SMILES string of the molecule is O=C(Cc1cccnc1)N1CC(=O)N2[C@H](C1)[C@@H](c1ccc(C=Cc3ccccc3)cc1)[C@@H]2CO. The summed E-state index contributed by atoms with van der Waals surface area (Å²) in [6.07, 6.45) is 7.72. The summed E-state index contributed by atoms with van der Waals surface area (Å²) in [5.74, 6) is -0.183. The standard InChI is InChI=1S/C28H27N3O3/c32-19-25-28(23-12-10-21(11-13-23)9-8-20-5-2-1-3-6-20)24-17-30(18-27(34)31(24)25)26(33)15-22-7-4-14-29-16-22/h1-14,16,24-25,28,32H,15,17-19H2/t24-,25+,28-/m1/s1. The highest BCUT2D eigenvalue weighted by molar-refractivity contribution is 5.88. The van der Waals surface area contributed by atoms with Crippen LogP contribution in [0.15, 0.2) is 79.1 Å². The Bertz CT molecular complexity index is 1180. The van der Waals surface area contributed by atoms with Crippen molar-refractivity contribution < 1.29 is 14.7 Å². The Kier molecular flexibility index (Phi) is 6.23. The molecule has 2 fully saturated rings. The minimum absolute atomic E-state index is 0.00454. The van der Waals surface area contributed by atoms with E-state index < -0.39 is 0 Å².